The van der Waals surface area contributed by atoms with Crippen LogP contribution in [0.25, 0.3) is 17.0 Å². The zero-order chi connectivity index (χ0) is 16.4. The average molecular weight is 328 g/mol. The molecule has 0 fully saturated rings. The van der Waals surface area contributed by atoms with Gasteiger partial charge in [0.05, 0.1) is 4.92 Å². The Hall–Kier alpha value is -2.92. The summed E-state index contributed by atoms with van der Waals surface area (Å²) in [6, 6.07) is 13.3. The summed E-state index contributed by atoms with van der Waals surface area (Å²) < 4.78 is 5.47. The first-order valence-corrected chi connectivity index (χ1v) is 7.07. The van der Waals surface area contributed by atoms with Gasteiger partial charge in [0.25, 0.3) is 5.69 Å². The van der Waals surface area contributed by atoms with Crippen LogP contribution in [-0.2, 0) is 0 Å². The molecule has 1 heterocycles. The van der Waals surface area contributed by atoms with E-state index >= 15 is 0 Å². The third kappa shape index (κ3) is 3.14. The first-order chi connectivity index (χ1) is 11.0. The van der Waals surface area contributed by atoms with E-state index in [1.165, 1.54) is 24.3 Å². The van der Waals surface area contributed by atoms with Crippen molar-refractivity contribution in [3.8, 4) is 0 Å². The number of carbonyl (C=O) groups excluding carboxylic acids is 1. The molecule has 0 aliphatic heterocycles. The molecule has 6 heteroatoms. The first-order valence-electron chi connectivity index (χ1n) is 6.69. The lowest BCUT2D eigenvalue weighted by molar-refractivity contribution is -0.384. The maximum absolute atomic E-state index is 12.1. The third-order valence-electron chi connectivity index (χ3n) is 3.26. The number of hydrogen-bond donors (Lipinski definition) is 0. The molecular formula is C17H10ClNO4. The molecule has 0 aliphatic rings. The molecule has 0 spiro atoms. The number of rotatable bonds is 4. The van der Waals surface area contributed by atoms with E-state index in [1.807, 2.05) is 18.2 Å². The second kappa shape index (κ2) is 6.06. The van der Waals surface area contributed by atoms with Crippen LogP contribution in [-0.4, -0.2) is 10.7 Å². The van der Waals surface area contributed by atoms with Crippen molar-refractivity contribution in [1.29, 1.82) is 0 Å². The Bertz CT molecular complexity index is 910. The lowest BCUT2D eigenvalue weighted by Gasteiger charge is -1.97. The highest BCUT2D eigenvalue weighted by molar-refractivity contribution is 6.32. The smallest absolute Gasteiger partial charge is 0.288 e. The number of hydrogen-bond acceptors (Lipinski definition) is 4. The number of carbonyl (C=O) groups is 1. The van der Waals surface area contributed by atoms with Gasteiger partial charge < -0.3 is 4.42 Å². The van der Waals surface area contributed by atoms with Crippen molar-refractivity contribution >= 4 is 40.1 Å². The van der Waals surface area contributed by atoms with Gasteiger partial charge in [-0.1, -0.05) is 41.9 Å². The molecule has 23 heavy (non-hydrogen) atoms. The number of nitrogens with zero attached hydrogens (tertiary/aromatic N) is 1. The van der Waals surface area contributed by atoms with E-state index in [1.54, 1.807) is 18.2 Å². The van der Waals surface area contributed by atoms with Crippen molar-refractivity contribution in [1.82, 2.24) is 0 Å². The van der Waals surface area contributed by atoms with E-state index < -0.39 is 4.92 Å². The molecular weight excluding hydrogens is 318 g/mol. The molecule has 3 rings (SSSR count). The minimum absolute atomic E-state index is 0.0516. The van der Waals surface area contributed by atoms with Crippen LogP contribution in [0, 0.1) is 10.1 Å². The Morgan fingerprint density at radius 2 is 1.96 bits per heavy atom. The molecule has 5 nitrogen and oxygen atoms in total. The maximum atomic E-state index is 12.1. The van der Waals surface area contributed by atoms with Crippen LogP contribution < -0.4 is 0 Å². The fourth-order valence-corrected chi connectivity index (χ4v) is 2.32. The molecule has 0 saturated carbocycles. The van der Waals surface area contributed by atoms with Gasteiger partial charge in [-0.25, -0.2) is 0 Å². The number of benzene rings is 2. The summed E-state index contributed by atoms with van der Waals surface area (Å²) in [6.45, 7) is 0. The first kappa shape index (κ1) is 15.0. The standard InChI is InChI=1S/C17H10ClNO4/c18-13-7-5-11(9-14(13)19(21)22)6-8-15(20)17-10-12-3-1-2-4-16(12)23-17/h1-10H. The predicted octanol–water partition coefficient (Wildman–Crippen LogP) is 4.89. The second-order valence-corrected chi connectivity index (χ2v) is 5.22. The second-order valence-electron chi connectivity index (χ2n) is 4.81. The number of allylic oxidation sites excluding steroid dienone is 1. The third-order valence-corrected chi connectivity index (χ3v) is 3.58. The van der Waals surface area contributed by atoms with E-state index in [0.717, 1.165) is 5.39 Å². The average Bonchev–Trinajstić information content (AvgIpc) is 2.97. The number of nitro benzene ring substituents is 1. The Balaban J connectivity index is 1.86. The van der Waals surface area contributed by atoms with E-state index in [9.17, 15) is 14.9 Å². The highest BCUT2D eigenvalue weighted by atomic mass is 35.5. The number of ketones is 1. The normalized spacial score (nSPS) is 11.2. The van der Waals surface area contributed by atoms with Crippen molar-refractivity contribution in [2.45, 2.75) is 0 Å². The fourth-order valence-electron chi connectivity index (χ4n) is 2.13. The largest absolute Gasteiger partial charge is 0.453 e. The van der Waals surface area contributed by atoms with Gasteiger partial charge in [0.2, 0.25) is 5.78 Å². The quantitative estimate of drug-likeness (QED) is 0.296. The van der Waals surface area contributed by atoms with Crippen LogP contribution in [0.5, 0.6) is 0 Å². The van der Waals surface area contributed by atoms with Gasteiger partial charge in [-0.05, 0) is 29.8 Å². The topological polar surface area (TPSA) is 73.3 Å². The molecule has 0 atom stereocenters. The maximum Gasteiger partial charge on any atom is 0.288 e. The fraction of sp³-hybridized carbons (Fsp3) is 0. The minimum atomic E-state index is -0.569. The highest BCUT2D eigenvalue weighted by Crippen LogP contribution is 2.26. The molecule has 0 radical (unpaired) electrons. The Kier molecular flexibility index (Phi) is 3.95. The number of nitro groups is 1. The summed E-state index contributed by atoms with van der Waals surface area (Å²) in [6.07, 6.45) is 2.80. The summed E-state index contributed by atoms with van der Waals surface area (Å²) in [5, 5.41) is 11.7. The molecule has 1 aromatic heterocycles. The van der Waals surface area contributed by atoms with Crippen LogP contribution in [0.1, 0.15) is 16.1 Å². The van der Waals surface area contributed by atoms with Crippen molar-refractivity contribution in [2.75, 3.05) is 0 Å². The lowest BCUT2D eigenvalue weighted by atomic mass is 10.1. The molecule has 0 saturated heterocycles. The van der Waals surface area contributed by atoms with Gasteiger partial charge in [-0.15, -0.1) is 0 Å². The summed E-state index contributed by atoms with van der Waals surface area (Å²) in [5.41, 5.74) is 0.932. The van der Waals surface area contributed by atoms with Crippen LogP contribution in [0.3, 0.4) is 0 Å². The van der Waals surface area contributed by atoms with Crippen molar-refractivity contribution in [2.24, 2.45) is 0 Å². The summed E-state index contributed by atoms with van der Waals surface area (Å²) in [5.74, 6) is -0.107. The number of para-hydroxylation sites is 1. The minimum Gasteiger partial charge on any atom is -0.453 e. The molecule has 0 amide bonds. The molecule has 114 valence electrons. The number of furan rings is 1. The van der Waals surface area contributed by atoms with E-state index in [2.05, 4.69) is 0 Å². The van der Waals surface area contributed by atoms with Gasteiger partial charge in [0.1, 0.15) is 10.6 Å². The van der Waals surface area contributed by atoms with Gasteiger partial charge >= 0.3 is 0 Å². The molecule has 0 aliphatic carbocycles. The summed E-state index contributed by atoms with van der Waals surface area (Å²) in [7, 11) is 0. The number of fused-ring (bicyclic) bond motifs is 1. The van der Waals surface area contributed by atoms with Crippen molar-refractivity contribution in [3.05, 3.63) is 81.1 Å². The van der Waals surface area contributed by atoms with E-state index in [0.29, 0.717) is 11.1 Å². The van der Waals surface area contributed by atoms with Crippen LogP contribution >= 0.6 is 11.6 Å². The Labute approximate surface area is 135 Å². The monoisotopic (exact) mass is 327 g/mol. The van der Waals surface area contributed by atoms with Crippen LogP contribution in [0.4, 0.5) is 5.69 Å². The molecule has 2 aromatic carbocycles. The molecule has 0 bridgehead atoms. The number of halogens is 1. The summed E-state index contributed by atoms with van der Waals surface area (Å²) >= 11 is 5.75. The Morgan fingerprint density at radius 1 is 1.17 bits per heavy atom. The highest BCUT2D eigenvalue weighted by Gasteiger charge is 2.12. The zero-order valence-corrected chi connectivity index (χ0v) is 12.5. The van der Waals surface area contributed by atoms with Gasteiger partial charge in [-0.3, -0.25) is 14.9 Å². The summed E-state index contributed by atoms with van der Waals surface area (Å²) in [4.78, 5) is 22.4. The lowest BCUT2D eigenvalue weighted by Crippen LogP contribution is -1.92. The zero-order valence-electron chi connectivity index (χ0n) is 11.7. The molecule has 0 unspecified atom stereocenters. The van der Waals surface area contributed by atoms with Gasteiger partial charge in [0.15, 0.2) is 5.76 Å². The van der Waals surface area contributed by atoms with Crippen LogP contribution in [0.15, 0.2) is 59.0 Å². The molecule has 3 aromatic rings. The van der Waals surface area contributed by atoms with Gasteiger partial charge in [-0.2, -0.15) is 0 Å². The van der Waals surface area contributed by atoms with Gasteiger partial charge in [0, 0.05) is 11.5 Å². The molecule has 0 N–H and O–H groups in total. The van der Waals surface area contributed by atoms with Crippen molar-refractivity contribution in [3.63, 3.8) is 0 Å². The Morgan fingerprint density at radius 3 is 2.70 bits per heavy atom. The predicted molar refractivity (Wildman–Crippen MR) is 87.7 cm³/mol. The van der Waals surface area contributed by atoms with Crippen LogP contribution in [0.2, 0.25) is 5.02 Å². The SMILES string of the molecule is O=C(C=Cc1ccc(Cl)c([N+](=O)[O-])c1)c1cc2ccccc2o1. The van der Waals surface area contributed by atoms with E-state index in [-0.39, 0.29) is 22.3 Å². The van der Waals surface area contributed by atoms with E-state index in [4.69, 9.17) is 16.0 Å². The van der Waals surface area contributed by atoms with Crippen molar-refractivity contribution < 1.29 is 14.1 Å².